The number of aromatic hydroxyl groups is 1. The lowest BCUT2D eigenvalue weighted by Gasteiger charge is -2.04. The predicted molar refractivity (Wildman–Crippen MR) is 88.3 cm³/mol. The molecular formula is C17H17N3O3. The number of aryl methyl sites for hydroxylation is 1. The van der Waals surface area contributed by atoms with Crippen LogP contribution in [-0.4, -0.2) is 23.1 Å². The molecule has 0 atom stereocenters. The van der Waals surface area contributed by atoms with E-state index in [0.717, 1.165) is 12.0 Å². The zero-order valence-corrected chi connectivity index (χ0v) is 12.6. The lowest BCUT2D eigenvalue weighted by molar-refractivity contribution is -0.136. The molecule has 0 saturated heterocycles. The van der Waals surface area contributed by atoms with Crippen molar-refractivity contribution < 1.29 is 14.7 Å². The van der Waals surface area contributed by atoms with E-state index in [4.69, 9.17) is 0 Å². The molecule has 0 aliphatic rings. The minimum absolute atomic E-state index is 0.0333. The Hall–Kier alpha value is -3.15. The molecule has 0 aliphatic carbocycles. The second-order valence-electron chi connectivity index (χ2n) is 4.76. The van der Waals surface area contributed by atoms with Gasteiger partial charge in [0.25, 0.3) is 0 Å². The molecule has 0 saturated carbocycles. The quantitative estimate of drug-likeness (QED) is 0.458. The lowest BCUT2D eigenvalue weighted by Crippen LogP contribution is -2.32. The van der Waals surface area contributed by atoms with Crippen LogP contribution in [0.1, 0.15) is 18.1 Å². The number of nitrogens with one attached hydrogen (secondary N) is 2. The highest BCUT2D eigenvalue weighted by Crippen LogP contribution is 2.12. The summed E-state index contributed by atoms with van der Waals surface area (Å²) in [6.45, 7) is 2.03. The number of amides is 2. The Morgan fingerprint density at radius 2 is 1.78 bits per heavy atom. The van der Waals surface area contributed by atoms with Gasteiger partial charge in [-0.25, -0.2) is 5.43 Å². The summed E-state index contributed by atoms with van der Waals surface area (Å²) in [5.41, 5.74) is 4.21. The van der Waals surface area contributed by atoms with Crippen LogP contribution in [0.15, 0.2) is 53.6 Å². The summed E-state index contributed by atoms with van der Waals surface area (Å²) in [4.78, 5) is 23.4. The first-order valence-electron chi connectivity index (χ1n) is 7.11. The van der Waals surface area contributed by atoms with Crippen molar-refractivity contribution in [3.63, 3.8) is 0 Å². The van der Waals surface area contributed by atoms with Gasteiger partial charge in [0.15, 0.2) is 0 Å². The third-order valence-electron chi connectivity index (χ3n) is 3.13. The van der Waals surface area contributed by atoms with E-state index in [0.29, 0.717) is 11.3 Å². The Bertz CT molecular complexity index is 724. The van der Waals surface area contributed by atoms with E-state index in [1.54, 1.807) is 30.3 Å². The molecule has 0 bridgehead atoms. The smallest absolute Gasteiger partial charge is 0.329 e. The van der Waals surface area contributed by atoms with Gasteiger partial charge in [-0.05, 0) is 36.2 Å². The Morgan fingerprint density at radius 1 is 1.09 bits per heavy atom. The highest BCUT2D eigenvalue weighted by molar-refractivity contribution is 6.39. The molecule has 0 spiro atoms. The van der Waals surface area contributed by atoms with Crippen molar-refractivity contribution in [2.45, 2.75) is 13.3 Å². The second-order valence-corrected chi connectivity index (χ2v) is 4.76. The van der Waals surface area contributed by atoms with E-state index in [1.807, 2.05) is 19.1 Å². The minimum Gasteiger partial charge on any atom is -0.507 e. The van der Waals surface area contributed by atoms with E-state index < -0.39 is 11.8 Å². The van der Waals surface area contributed by atoms with Crippen LogP contribution < -0.4 is 10.7 Å². The monoisotopic (exact) mass is 311 g/mol. The molecule has 6 heteroatoms. The summed E-state index contributed by atoms with van der Waals surface area (Å²) in [5.74, 6) is -1.68. The number of hydrazone groups is 1. The average molecular weight is 311 g/mol. The summed E-state index contributed by atoms with van der Waals surface area (Å²) in [6.07, 6.45) is 2.16. The van der Waals surface area contributed by atoms with Gasteiger partial charge in [-0.3, -0.25) is 9.59 Å². The molecule has 6 nitrogen and oxygen atoms in total. The van der Waals surface area contributed by atoms with Gasteiger partial charge in [0.2, 0.25) is 0 Å². The molecule has 0 heterocycles. The highest BCUT2D eigenvalue weighted by atomic mass is 16.3. The molecule has 3 N–H and O–H groups in total. The molecule has 0 aromatic heterocycles. The van der Waals surface area contributed by atoms with Gasteiger partial charge in [-0.1, -0.05) is 31.2 Å². The van der Waals surface area contributed by atoms with Crippen LogP contribution >= 0.6 is 0 Å². The predicted octanol–water partition coefficient (Wildman–Crippen LogP) is 2.04. The highest BCUT2D eigenvalue weighted by Gasteiger charge is 2.12. The summed E-state index contributed by atoms with van der Waals surface area (Å²) in [6, 6.07) is 13.7. The normalized spacial score (nSPS) is 10.5. The number of anilines is 1. The van der Waals surface area contributed by atoms with Crippen LogP contribution in [0, 0.1) is 0 Å². The van der Waals surface area contributed by atoms with E-state index in [1.165, 1.54) is 12.3 Å². The minimum atomic E-state index is -0.892. The van der Waals surface area contributed by atoms with Crippen molar-refractivity contribution in [3.8, 4) is 5.75 Å². The fourth-order valence-corrected chi connectivity index (χ4v) is 1.82. The molecular weight excluding hydrogens is 294 g/mol. The summed E-state index contributed by atoms with van der Waals surface area (Å²) in [5, 5.41) is 15.7. The maximum Gasteiger partial charge on any atom is 0.329 e. The number of benzene rings is 2. The number of phenols is 1. The standard InChI is InChI=1S/C17H17N3O3/c1-2-12-7-9-14(10-8-12)19-16(22)17(23)20-18-11-13-5-3-4-6-15(13)21/h3-11,21H,2H2,1H3,(H,19,22)(H,20,23). The first kappa shape index (κ1) is 16.2. The van der Waals surface area contributed by atoms with E-state index in [2.05, 4.69) is 15.8 Å². The Balaban J connectivity index is 1.89. The van der Waals surface area contributed by atoms with Gasteiger partial charge in [-0.2, -0.15) is 5.10 Å². The van der Waals surface area contributed by atoms with Gasteiger partial charge in [-0.15, -0.1) is 0 Å². The van der Waals surface area contributed by atoms with E-state index in [9.17, 15) is 14.7 Å². The van der Waals surface area contributed by atoms with E-state index >= 15 is 0 Å². The van der Waals surface area contributed by atoms with Crippen molar-refractivity contribution >= 4 is 23.7 Å². The average Bonchev–Trinajstić information content (AvgIpc) is 2.57. The summed E-state index contributed by atoms with van der Waals surface area (Å²) in [7, 11) is 0. The van der Waals surface area contributed by atoms with Crippen molar-refractivity contribution in [3.05, 3.63) is 59.7 Å². The molecule has 2 aromatic carbocycles. The number of hydrogen-bond acceptors (Lipinski definition) is 4. The van der Waals surface area contributed by atoms with Crippen LogP contribution in [0.4, 0.5) is 5.69 Å². The number of rotatable bonds is 4. The zero-order chi connectivity index (χ0) is 16.7. The zero-order valence-electron chi connectivity index (χ0n) is 12.6. The SMILES string of the molecule is CCc1ccc(NC(=O)C(=O)NN=Cc2ccccc2O)cc1. The van der Waals surface area contributed by atoms with Crippen LogP contribution in [0.2, 0.25) is 0 Å². The molecule has 118 valence electrons. The van der Waals surface area contributed by atoms with Gasteiger partial charge >= 0.3 is 11.8 Å². The van der Waals surface area contributed by atoms with Crippen molar-refractivity contribution in [2.24, 2.45) is 5.10 Å². The first-order valence-corrected chi connectivity index (χ1v) is 7.11. The fourth-order valence-electron chi connectivity index (χ4n) is 1.82. The molecule has 2 amide bonds. The van der Waals surface area contributed by atoms with Crippen LogP contribution in [0.3, 0.4) is 0 Å². The largest absolute Gasteiger partial charge is 0.507 e. The second kappa shape index (κ2) is 7.74. The summed E-state index contributed by atoms with van der Waals surface area (Å²) < 4.78 is 0. The third-order valence-corrected chi connectivity index (χ3v) is 3.13. The topological polar surface area (TPSA) is 90.8 Å². The molecule has 0 radical (unpaired) electrons. The molecule has 2 rings (SSSR count). The molecule has 0 fully saturated rings. The van der Waals surface area contributed by atoms with Crippen LogP contribution in [0.5, 0.6) is 5.75 Å². The maximum atomic E-state index is 11.7. The molecule has 0 aliphatic heterocycles. The number of phenolic OH excluding ortho intramolecular Hbond substituents is 1. The number of carbonyl (C=O) groups excluding carboxylic acids is 2. The van der Waals surface area contributed by atoms with Crippen LogP contribution in [0.25, 0.3) is 0 Å². The maximum absolute atomic E-state index is 11.7. The van der Waals surface area contributed by atoms with E-state index in [-0.39, 0.29) is 5.75 Å². The van der Waals surface area contributed by atoms with Crippen molar-refractivity contribution in [1.82, 2.24) is 5.43 Å². The Kier molecular flexibility index (Phi) is 5.46. The molecule has 23 heavy (non-hydrogen) atoms. The fraction of sp³-hybridized carbons (Fsp3) is 0.118. The van der Waals surface area contributed by atoms with Gasteiger partial charge in [0.05, 0.1) is 6.21 Å². The molecule has 2 aromatic rings. The summed E-state index contributed by atoms with van der Waals surface area (Å²) >= 11 is 0. The number of carbonyl (C=O) groups is 2. The number of hydrogen-bond donors (Lipinski definition) is 3. The van der Waals surface area contributed by atoms with Crippen LogP contribution in [-0.2, 0) is 16.0 Å². The Morgan fingerprint density at radius 3 is 2.43 bits per heavy atom. The van der Waals surface area contributed by atoms with Gasteiger partial charge in [0, 0.05) is 11.3 Å². The number of para-hydroxylation sites is 1. The van der Waals surface area contributed by atoms with Crippen molar-refractivity contribution in [2.75, 3.05) is 5.32 Å². The first-order chi connectivity index (χ1) is 11.1. The molecule has 0 unspecified atom stereocenters. The lowest BCUT2D eigenvalue weighted by atomic mass is 10.1. The van der Waals surface area contributed by atoms with Gasteiger partial charge < -0.3 is 10.4 Å². The Labute approximate surface area is 133 Å². The third kappa shape index (κ3) is 4.67. The van der Waals surface area contributed by atoms with Gasteiger partial charge in [0.1, 0.15) is 5.75 Å². The number of nitrogens with zero attached hydrogens (tertiary/aromatic N) is 1. The van der Waals surface area contributed by atoms with Crippen molar-refractivity contribution in [1.29, 1.82) is 0 Å².